The van der Waals surface area contributed by atoms with E-state index in [0.29, 0.717) is 6.61 Å². The number of hydrogen-bond donors (Lipinski definition) is 2. The number of amides is 1. The molecule has 0 bridgehead atoms. The lowest BCUT2D eigenvalue weighted by atomic mass is 9.99. The zero-order chi connectivity index (χ0) is 19.3. The van der Waals surface area contributed by atoms with Gasteiger partial charge >= 0.3 is 0 Å². The number of carbonyl (C=O) groups is 1. The fourth-order valence-corrected chi connectivity index (χ4v) is 3.83. The van der Waals surface area contributed by atoms with Crippen LogP contribution in [-0.2, 0) is 9.53 Å². The molecule has 5 nitrogen and oxygen atoms in total. The second-order valence-corrected chi connectivity index (χ2v) is 7.91. The van der Waals surface area contributed by atoms with Crippen LogP contribution in [0.25, 0.3) is 0 Å². The summed E-state index contributed by atoms with van der Waals surface area (Å²) in [5, 5.41) is 6.35. The first kappa shape index (κ1) is 18.8. The number of nitrogens with one attached hydrogen (secondary N) is 2. The Morgan fingerprint density at radius 1 is 0.929 bits per heavy atom. The summed E-state index contributed by atoms with van der Waals surface area (Å²) in [5.74, 6) is 0.788. The fraction of sp³-hybridized carbons (Fsp3) is 0.435. The molecule has 2 aliphatic heterocycles. The molecule has 1 unspecified atom stereocenters. The maximum Gasteiger partial charge on any atom is 0.253 e. The number of anilines is 4. The lowest BCUT2D eigenvalue weighted by molar-refractivity contribution is -0.124. The molecule has 1 atom stereocenters. The van der Waals surface area contributed by atoms with E-state index in [9.17, 15) is 4.79 Å². The molecule has 148 valence electrons. The average molecular weight is 380 g/mol. The van der Waals surface area contributed by atoms with Gasteiger partial charge in [0.25, 0.3) is 5.91 Å². The van der Waals surface area contributed by atoms with Crippen molar-refractivity contribution in [2.75, 3.05) is 35.2 Å². The maximum atomic E-state index is 12.1. The SMILES string of the molecule is CC1CCN(c2ccc(Nc3ccc(NC(=O)C4CCCO4)cc3)cc2)CC1. The van der Waals surface area contributed by atoms with Crippen molar-refractivity contribution in [1.82, 2.24) is 0 Å². The van der Waals surface area contributed by atoms with Crippen molar-refractivity contribution in [2.24, 2.45) is 5.92 Å². The number of ether oxygens (including phenoxy) is 1. The van der Waals surface area contributed by atoms with Gasteiger partial charge in [-0.2, -0.15) is 0 Å². The standard InChI is InChI=1S/C23H29N3O2/c1-17-12-14-26(15-13-17)21-10-8-19(9-11-21)24-18-4-6-20(7-5-18)25-23(27)22-3-2-16-28-22/h4-11,17,22,24H,2-3,12-16H2,1H3,(H,25,27). The van der Waals surface area contributed by atoms with Crippen LogP contribution in [0.15, 0.2) is 48.5 Å². The van der Waals surface area contributed by atoms with Crippen LogP contribution in [0.1, 0.15) is 32.6 Å². The molecular formula is C23H29N3O2. The van der Waals surface area contributed by atoms with Gasteiger partial charge in [0.2, 0.25) is 0 Å². The van der Waals surface area contributed by atoms with E-state index in [0.717, 1.165) is 48.9 Å². The molecule has 0 saturated carbocycles. The van der Waals surface area contributed by atoms with Crippen molar-refractivity contribution >= 4 is 28.7 Å². The van der Waals surface area contributed by atoms with Gasteiger partial charge < -0.3 is 20.3 Å². The van der Waals surface area contributed by atoms with Crippen molar-refractivity contribution in [1.29, 1.82) is 0 Å². The molecule has 2 aromatic rings. The largest absolute Gasteiger partial charge is 0.372 e. The molecular weight excluding hydrogens is 350 g/mol. The minimum absolute atomic E-state index is 0.0547. The highest BCUT2D eigenvalue weighted by atomic mass is 16.5. The van der Waals surface area contributed by atoms with Gasteiger partial charge in [-0.3, -0.25) is 4.79 Å². The first-order valence-electron chi connectivity index (χ1n) is 10.3. The van der Waals surface area contributed by atoms with Crippen molar-refractivity contribution in [3.63, 3.8) is 0 Å². The first-order chi connectivity index (χ1) is 13.7. The first-order valence-corrected chi connectivity index (χ1v) is 10.3. The van der Waals surface area contributed by atoms with Gasteiger partial charge in [0, 0.05) is 42.4 Å². The summed E-state index contributed by atoms with van der Waals surface area (Å²) < 4.78 is 5.42. The van der Waals surface area contributed by atoms with E-state index < -0.39 is 0 Å². The van der Waals surface area contributed by atoms with Crippen LogP contribution in [-0.4, -0.2) is 31.7 Å². The van der Waals surface area contributed by atoms with Gasteiger partial charge in [-0.1, -0.05) is 6.92 Å². The molecule has 0 aromatic heterocycles. The third kappa shape index (κ3) is 4.65. The van der Waals surface area contributed by atoms with Gasteiger partial charge in [0.15, 0.2) is 0 Å². The molecule has 1 amide bonds. The van der Waals surface area contributed by atoms with E-state index in [-0.39, 0.29) is 12.0 Å². The Bertz CT molecular complexity index is 774. The van der Waals surface area contributed by atoms with Crippen LogP contribution in [0.4, 0.5) is 22.7 Å². The van der Waals surface area contributed by atoms with Crippen LogP contribution in [0.5, 0.6) is 0 Å². The second-order valence-electron chi connectivity index (χ2n) is 7.91. The number of hydrogen-bond acceptors (Lipinski definition) is 4. The molecule has 2 N–H and O–H groups in total. The highest BCUT2D eigenvalue weighted by molar-refractivity contribution is 5.94. The van der Waals surface area contributed by atoms with E-state index in [1.807, 2.05) is 24.3 Å². The maximum absolute atomic E-state index is 12.1. The second kappa shape index (κ2) is 8.65. The monoisotopic (exact) mass is 379 g/mol. The Hall–Kier alpha value is -2.53. The van der Waals surface area contributed by atoms with Crippen molar-refractivity contribution in [3.8, 4) is 0 Å². The van der Waals surface area contributed by atoms with E-state index >= 15 is 0 Å². The molecule has 0 aliphatic carbocycles. The summed E-state index contributed by atoms with van der Waals surface area (Å²) >= 11 is 0. The smallest absolute Gasteiger partial charge is 0.253 e. The molecule has 2 saturated heterocycles. The van der Waals surface area contributed by atoms with Crippen molar-refractivity contribution in [2.45, 2.75) is 38.7 Å². The Morgan fingerprint density at radius 3 is 2.14 bits per heavy atom. The van der Waals surface area contributed by atoms with Crippen molar-refractivity contribution in [3.05, 3.63) is 48.5 Å². The van der Waals surface area contributed by atoms with Crippen LogP contribution in [0.2, 0.25) is 0 Å². The quantitative estimate of drug-likeness (QED) is 0.785. The minimum Gasteiger partial charge on any atom is -0.372 e. The summed E-state index contributed by atoms with van der Waals surface area (Å²) in [7, 11) is 0. The van der Waals surface area contributed by atoms with Crippen LogP contribution < -0.4 is 15.5 Å². The molecule has 2 aliphatic rings. The predicted octanol–water partition coefficient (Wildman–Crippen LogP) is 4.78. The lowest BCUT2D eigenvalue weighted by Gasteiger charge is -2.32. The van der Waals surface area contributed by atoms with E-state index in [2.05, 4.69) is 46.7 Å². The van der Waals surface area contributed by atoms with Gasteiger partial charge in [0.05, 0.1) is 0 Å². The molecule has 2 heterocycles. The fourth-order valence-electron chi connectivity index (χ4n) is 3.83. The third-order valence-electron chi connectivity index (χ3n) is 5.68. The summed E-state index contributed by atoms with van der Waals surface area (Å²) in [6.07, 6.45) is 4.00. The third-order valence-corrected chi connectivity index (χ3v) is 5.68. The topological polar surface area (TPSA) is 53.6 Å². The van der Waals surface area contributed by atoms with Crippen LogP contribution >= 0.6 is 0 Å². The molecule has 2 fully saturated rings. The molecule has 0 radical (unpaired) electrons. The van der Waals surface area contributed by atoms with Gasteiger partial charge in [-0.25, -0.2) is 0 Å². The van der Waals surface area contributed by atoms with E-state index in [4.69, 9.17) is 4.74 Å². The van der Waals surface area contributed by atoms with Gasteiger partial charge in [-0.15, -0.1) is 0 Å². The lowest BCUT2D eigenvalue weighted by Crippen LogP contribution is -2.32. The number of nitrogens with zero attached hydrogens (tertiary/aromatic N) is 1. The van der Waals surface area contributed by atoms with E-state index in [1.54, 1.807) is 0 Å². The average Bonchev–Trinajstić information content (AvgIpc) is 3.26. The summed E-state index contributed by atoms with van der Waals surface area (Å²) in [4.78, 5) is 14.6. The highest BCUT2D eigenvalue weighted by Gasteiger charge is 2.23. The molecule has 0 spiro atoms. The molecule has 4 rings (SSSR count). The predicted molar refractivity (Wildman–Crippen MR) is 114 cm³/mol. The Morgan fingerprint density at radius 2 is 1.54 bits per heavy atom. The Labute approximate surface area is 167 Å². The zero-order valence-corrected chi connectivity index (χ0v) is 16.5. The van der Waals surface area contributed by atoms with E-state index in [1.165, 1.54) is 18.5 Å². The van der Waals surface area contributed by atoms with Crippen molar-refractivity contribution < 1.29 is 9.53 Å². The summed E-state index contributed by atoms with van der Waals surface area (Å²) in [6, 6.07) is 16.4. The zero-order valence-electron chi connectivity index (χ0n) is 16.5. The molecule has 28 heavy (non-hydrogen) atoms. The Balaban J connectivity index is 1.32. The van der Waals surface area contributed by atoms with Gasteiger partial charge in [-0.05, 0) is 80.1 Å². The number of piperidine rings is 1. The highest BCUT2D eigenvalue weighted by Crippen LogP contribution is 2.26. The normalized spacial score (nSPS) is 20.2. The number of carbonyl (C=O) groups excluding carboxylic acids is 1. The molecule has 2 aromatic carbocycles. The van der Waals surface area contributed by atoms with Gasteiger partial charge in [0.1, 0.15) is 6.10 Å². The number of benzene rings is 2. The molecule has 5 heteroatoms. The summed E-state index contributed by atoms with van der Waals surface area (Å²) in [5.41, 5.74) is 4.14. The van der Waals surface area contributed by atoms with Crippen LogP contribution in [0, 0.1) is 5.92 Å². The number of rotatable bonds is 5. The van der Waals surface area contributed by atoms with Crippen LogP contribution in [0.3, 0.4) is 0 Å². The summed E-state index contributed by atoms with van der Waals surface area (Å²) in [6.45, 7) is 5.31. The minimum atomic E-state index is -0.306. The Kier molecular flexibility index (Phi) is 5.81.